The van der Waals surface area contributed by atoms with Crippen LogP contribution in [0.2, 0.25) is 0 Å². The molecule has 22 heavy (non-hydrogen) atoms. The molecule has 1 aliphatic rings. The molecule has 0 spiro atoms. The van der Waals surface area contributed by atoms with Gasteiger partial charge in [-0.1, -0.05) is 41.5 Å². The first-order valence-corrected chi connectivity index (χ1v) is 8.37. The molecule has 2 heterocycles. The van der Waals surface area contributed by atoms with Crippen molar-refractivity contribution < 1.29 is 5.11 Å². The van der Waals surface area contributed by atoms with Gasteiger partial charge in [0.05, 0.1) is 5.69 Å². The average Bonchev–Trinajstić information content (AvgIpc) is 2.45. The Morgan fingerprint density at radius 1 is 1.14 bits per heavy atom. The molecule has 0 aliphatic carbocycles. The number of hydrogen-bond acceptors (Lipinski definition) is 4. The van der Waals surface area contributed by atoms with Crippen LogP contribution in [0.4, 0.5) is 5.82 Å². The van der Waals surface area contributed by atoms with Gasteiger partial charge in [0.15, 0.2) is 0 Å². The zero-order valence-corrected chi connectivity index (χ0v) is 15.0. The highest BCUT2D eigenvalue weighted by atomic mass is 16.3. The van der Waals surface area contributed by atoms with Crippen molar-refractivity contribution >= 4 is 5.82 Å². The summed E-state index contributed by atoms with van der Waals surface area (Å²) in [6, 6.07) is 2.13. The van der Waals surface area contributed by atoms with E-state index in [2.05, 4.69) is 52.5 Å². The standard InChI is InChI=1S/C18H31N3O/c1-17(2,3)14-10-15(20-16(19-14)18(4,5)6)21-9-7-8-13(11-21)12-22/h10,13,22H,7-9,11-12H2,1-6H3. The third-order valence-electron chi connectivity index (χ3n) is 4.25. The van der Waals surface area contributed by atoms with Gasteiger partial charge in [-0.2, -0.15) is 0 Å². The fourth-order valence-corrected chi connectivity index (χ4v) is 2.74. The Hall–Kier alpha value is -1.16. The minimum Gasteiger partial charge on any atom is -0.396 e. The lowest BCUT2D eigenvalue weighted by Crippen LogP contribution is -2.38. The van der Waals surface area contributed by atoms with E-state index >= 15 is 0 Å². The Morgan fingerprint density at radius 3 is 2.36 bits per heavy atom. The Labute approximate surface area is 135 Å². The van der Waals surface area contributed by atoms with Crippen molar-refractivity contribution in [2.75, 3.05) is 24.6 Å². The monoisotopic (exact) mass is 305 g/mol. The van der Waals surface area contributed by atoms with Gasteiger partial charge in [0.25, 0.3) is 0 Å². The number of aliphatic hydroxyl groups is 1. The summed E-state index contributed by atoms with van der Waals surface area (Å²) in [6.07, 6.45) is 2.22. The molecule has 0 bridgehead atoms. The van der Waals surface area contributed by atoms with Gasteiger partial charge in [-0.3, -0.25) is 0 Å². The molecule has 1 fully saturated rings. The summed E-state index contributed by atoms with van der Waals surface area (Å²) in [6.45, 7) is 15.2. The fourth-order valence-electron chi connectivity index (χ4n) is 2.74. The first kappa shape index (κ1) is 17.2. The van der Waals surface area contributed by atoms with Crippen LogP contribution < -0.4 is 4.90 Å². The van der Waals surface area contributed by atoms with E-state index in [1.807, 2.05) is 0 Å². The average molecular weight is 305 g/mol. The van der Waals surface area contributed by atoms with Gasteiger partial charge in [0.1, 0.15) is 11.6 Å². The highest BCUT2D eigenvalue weighted by Crippen LogP contribution is 2.29. The summed E-state index contributed by atoms with van der Waals surface area (Å²) in [7, 11) is 0. The second-order valence-corrected chi connectivity index (χ2v) is 8.57. The maximum atomic E-state index is 9.46. The van der Waals surface area contributed by atoms with Gasteiger partial charge < -0.3 is 10.0 Å². The second kappa shape index (κ2) is 6.15. The van der Waals surface area contributed by atoms with E-state index in [1.165, 1.54) is 0 Å². The van der Waals surface area contributed by atoms with E-state index in [1.54, 1.807) is 0 Å². The predicted octanol–water partition coefficient (Wildman–Crippen LogP) is 3.28. The lowest BCUT2D eigenvalue weighted by atomic mass is 9.90. The zero-order chi connectivity index (χ0) is 16.5. The number of aliphatic hydroxyl groups excluding tert-OH is 1. The number of piperidine rings is 1. The summed E-state index contributed by atoms with van der Waals surface area (Å²) in [5.41, 5.74) is 1.03. The molecule has 124 valence electrons. The van der Waals surface area contributed by atoms with Crippen LogP contribution in [-0.4, -0.2) is 34.8 Å². The molecule has 0 radical (unpaired) electrons. The molecular weight excluding hydrogens is 274 g/mol. The van der Waals surface area contributed by atoms with Gasteiger partial charge >= 0.3 is 0 Å². The molecule has 1 aliphatic heterocycles. The number of hydrogen-bond donors (Lipinski definition) is 1. The van der Waals surface area contributed by atoms with Crippen molar-refractivity contribution in [2.24, 2.45) is 5.92 Å². The van der Waals surface area contributed by atoms with Gasteiger partial charge in [-0.15, -0.1) is 0 Å². The quantitative estimate of drug-likeness (QED) is 0.911. The number of rotatable bonds is 2. The molecule has 1 N–H and O–H groups in total. The van der Waals surface area contributed by atoms with Gasteiger partial charge in [-0.05, 0) is 18.8 Å². The molecule has 1 unspecified atom stereocenters. The lowest BCUT2D eigenvalue weighted by Gasteiger charge is -2.34. The second-order valence-electron chi connectivity index (χ2n) is 8.57. The van der Waals surface area contributed by atoms with Crippen molar-refractivity contribution in [3.63, 3.8) is 0 Å². The highest BCUT2D eigenvalue weighted by molar-refractivity contribution is 5.42. The van der Waals surface area contributed by atoms with Crippen LogP contribution in [0.15, 0.2) is 6.07 Å². The van der Waals surface area contributed by atoms with Crippen molar-refractivity contribution in [1.82, 2.24) is 9.97 Å². The van der Waals surface area contributed by atoms with E-state index in [-0.39, 0.29) is 17.4 Å². The molecule has 1 saturated heterocycles. The summed E-state index contributed by atoms with van der Waals surface area (Å²) >= 11 is 0. The maximum absolute atomic E-state index is 9.46. The Morgan fingerprint density at radius 2 is 1.82 bits per heavy atom. The van der Waals surface area contributed by atoms with Crippen LogP contribution in [0.3, 0.4) is 0 Å². The third-order valence-corrected chi connectivity index (χ3v) is 4.25. The van der Waals surface area contributed by atoms with E-state index in [0.29, 0.717) is 5.92 Å². The molecule has 0 saturated carbocycles. The number of aromatic nitrogens is 2. The molecule has 1 aromatic rings. The zero-order valence-electron chi connectivity index (χ0n) is 15.0. The van der Waals surface area contributed by atoms with E-state index < -0.39 is 0 Å². The maximum Gasteiger partial charge on any atom is 0.136 e. The first-order valence-electron chi connectivity index (χ1n) is 8.37. The van der Waals surface area contributed by atoms with Crippen LogP contribution in [-0.2, 0) is 10.8 Å². The topological polar surface area (TPSA) is 49.2 Å². The minimum absolute atomic E-state index is 0.00383. The van der Waals surface area contributed by atoms with Crippen molar-refractivity contribution in [1.29, 1.82) is 0 Å². The van der Waals surface area contributed by atoms with Gasteiger partial charge in [0.2, 0.25) is 0 Å². The van der Waals surface area contributed by atoms with Gasteiger partial charge in [0, 0.05) is 36.6 Å². The van der Waals surface area contributed by atoms with E-state index in [0.717, 1.165) is 43.3 Å². The first-order chi connectivity index (χ1) is 10.1. The van der Waals surface area contributed by atoms with Crippen LogP contribution >= 0.6 is 0 Å². The Bertz CT molecular complexity index is 482. The predicted molar refractivity (Wildman–Crippen MR) is 91.5 cm³/mol. The van der Waals surface area contributed by atoms with Crippen LogP contribution in [0.1, 0.15) is 65.9 Å². The smallest absolute Gasteiger partial charge is 0.136 e. The molecule has 2 rings (SSSR count). The number of nitrogens with zero attached hydrogens (tertiary/aromatic N) is 3. The molecular formula is C18H31N3O. The van der Waals surface area contributed by atoms with Crippen LogP contribution in [0.5, 0.6) is 0 Å². The van der Waals surface area contributed by atoms with Crippen LogP contribution in [0.25, 0.3) is 0 Å². The number of anilines is 1. The third kappa shape index (κ3) is 3.97. The lowest BCUT2D eigenvalue weighted by molar-refractivity contribution is 0.208. The summed E-state index contributed by atoms with van der Waals surface area (Å²) in [4.78, 5) is 12.0. The highest BCUT2D eigenvalue weighted by Gasteiger charge is 2.27. The summed E-state index contributed by atoms with van der Waals surface area (Å²) in [5.74, 6) is 2.28. The minimum atomic E-state index is -0.0673. The molecule has 0 aromatic carbocycles. The van der Waals surface area contributed by atoms with Crippen molar-refractivity contribution in [2.45, 2.75) is 65.2 Å². The SMILES string of the molecule is CC(C)(C)c1cc(N2CCCC(CO)C2)nc(C(C)(C)C)n1. The summed E-state index contributed by atoms with van der Waals surface area (Å²) < 4.78 is 0. The Balaban J connectivity index is 2.42. The molecule has 4 nitrogen and oxygen atoms in total. The van der Waals surface area contributed by atoms with E-state index in [4.69, 9.17) is 9.97 Å². The van der Waals surface area contributed by atoms with Gasteiger partial charge in [-0.25, -0.2) is 9.97 Å². The molecule has 4 heteroatoms. The molecule has 1 aromatic heterocycles. The summed E-state index contributed by atoms with van der Waals surface area (Å²) in [5, 5.41) is 9.46. The van der Waals surface area contributed by atoms with Crippen molar-refractivity contribution in [3.05, 3.63) is 17.6 Å². The van der Waals surface area contributed by atoms with Crippen molar-refractivity contribution in [3.8, 4) is 0 Å². The van der Waals surface area contributed by atoms with Crippen LogP contribution in [0, 0.1) is 5.92 Å². The van der Waals surface area contributed by atoms with E-state index in [9.17, 15) is 5.11 Å². The molecule has 0 amide bonds. The molecule has 1 atom stereocenters. The fraction of sp³-hybridized carbons (Fsp3) is 0.778. The normalized spacial score (nSPS) is 20.3. The largest absolute Gasteiger partial charge is 0.396 e. The Kier molecular flexibility index (Phi) is 4.81.